The number of rotatable bonds is 5. The van der Waals surface area contributed by atoms with Crippen molar-refractivity contribution in [2.75, 3.05) is 6.54 Å². The molecule has 0 N–H and O–H groups in total. The second-order valence-corrected chi connectivity index (χ2v) is 6.01. The van der Waals surface area contributed by atoms with Crippen molar-refractivity contribution in [2.24, 2.45) is 14.1 Å². The average molecular weight is 356 g/mol. The third-order valence-corrected chi connectivity index (χ3v) is 4.38. The molecule has 1 amide bonds. The summed E-state index contributed by atoms with van der Waals surface area (Å²) in [4.78, 5) is 47.0. The fraction of sp³-hybridized carbons (Fsp3) is 0.353. The van der Waals surface area contributed by atoms with Crippen LogP contribution in [0.15, 0.2) is 40.4 Å². The van der Waals surface area contributed by atoms with Crippen molar-refractivity contribution in [1.82, 2.24) is 28.6 Å². The van der Waals surface area contributed by atoms with Gasteiger partial charge in [-0.15, -0.1) is 0 Å². The van der Waals surface area contributed by atoms with Crippen LogP contribution in [0.1, 0.15) is 12.5 Å². The van der Waals surface area contributed by atoms with Crippen molar-refractivity contribution in [1.29, 1.82) is 0 Å². The van der Waals surface area contributed by atoms with Crippen LogP contribution in [0.2, 0.25) is 0 Å². The van der Waals surface area contributed by atoms with E-state index in [0.717, 1.165) is 10.1 Å². The molecule has 0 aromatic carbocycles. The predicted octanol–water partition coefficient (Wildman–Crippen LogP) is -0.123. The summed E-state index contributed by atoms with van der Waals surface area (Å²) in [6.45, 7) is 2.86. The van der Waals surface area contributed by atoms with E-state index in [0.29, 0.717) is 13.1 Å². The fourth-order valence-corrected chi connectivity index (χ4v) is 2.85. The van der Waals surface area contributed by atoms with E-state index in [1.54, 1.807) is 24.3 Å². The second-order valence-electron chi connectivity index (χ2n) is 6.01. The number of hydrogen-bond donors (Lipinski definition) is 0. The highest BCUT2D eigenvalue weighted by Crippen LogP contribution is 2.08. The lowest BCUT2D eigenvalue weighted by Crippen LogP contribution is -2.38. The molecule has 3 heterocycles. The van der Waals surface area contributed by atoms with Crippen molar-refractivity contribution in [3.63, 3.8) is 0 Å². The molecule has 0 aliphatic carbocycles. The molecule has 3 rings (SSSR count). The molecule has 0 radical (unpaired) electrons. The molecular weight excluding hydrogens is 336 g/mol. The second kappa shape index (κ2) is 6.95. The summed E-state index contributed by atoms with van der Waals surface area (Å²) in [6.07, 6.45) is 4.78. The molecule has 136 valence electrons. The standard InChI is InChI=1S/C17H20N6O3/c1-4-22(9-12-5-7-18-8-6-12)13(24)10-23-11-19-15-14(23)16(25)21(3)17(26)20(15)2/h5-8,11H,4,9-10H2,1-3H3. The molecule has 9 heteroatoms. The maximum Gasteiger partial charge on any atom is 0.332 e. The molecular formula is C17H20N6O3. The summed E-state index contributed by atoms with van der Waals surface area (Å²) in [7, 11) is 2.95. The van der Waals surface area contributed by atoms with Crippen molar-refractivity contribution in [3.05, 3.63) is 57.3 Å². The first-order valence-electron chi connectivity index (χ1n) is 8.21. The summed E-state index contributed by atoms with van der Waals surface area (Å²) < 4.78 is 3.81. The maximum absolute atomic E-state index is 12.7. The number of hydrogen-bond acceptors (Lipinski definition) is 5. The number of aromatic nitrogens is 5. The molecule has 0 aliphatic rings. The van der Waals surface area contributed by atoms with E-state index in [1.807, 2.05) is 19.1 Å². The quantitative estimate of drug-likeness (QED) is 0.635. The smallest absolute Gasteiger partial charge is 0.332 e. The Morgan fingerprint density at radius 3 is 2.50 bits per heavy atom. The van der Waals surface area contributed by atoms with Gasteiger partial charge in [-0.3, -0.25) is 23.7 Å². The summed E-state index contributed by atoms with van der Waals surface area (Å²) >= 11 is 0. The van der Waals surface area contributed by atoms with Gasteiger partial charge in [0.05, 0.1) is 6.33 Å². The number of likely N-dealkylation sites (N-methyl/N-ethyl adjacent to an activating group) is 1. The lowest BCUT2D eigenvalue weighted by molar-refractivity contribution is -0.132. The van der Waals surface area contributed by atoms with E-state index in [-0.39, 0.29) is 23.6 Å². The summed E-state index contributed by atoms with van der Waals surface area (Å²) in [5.74, 6) is -0.139. The highest BCUT2D eigenvalue weighted by Gasteiger charge is 2.18. The highest BCUT2D eigenvalue weighted by molar-refractivity contribution is 5.79. The van der Waals surface area contributed by atoms with Gasteiger partial charge < -0.3 is 9.47 Å². The van der Waals surface area contributed by atoms with Gasteiger partial charge in [0.1, 0.15) is 6.54 Å². The van der Waals surface area contributed by atoms with Gasteiger partial charge in [-0.2, -0.15) is 0 Å². The van der Waals surface area contributed by atoms with Crippen LogP contribution >= 0.6 is 0 Å². The van der Waals surface area contributed by atoms with E-state index >= 15 is 0 Å². The number of aryl methyl sites for hydroxylation is 1. The third-order valence-electron chi connectivity index (χ3n) is 4.38. The Labute approximate surface area is 149 Å². The molecule has 0 saturated carbocycles. The Bertz CT molecular complexity index is 1060. The van der Waals surface area contributed by atoms with Crippen LogP contribution in [0.5, 0.6) is 0 Å². The normalized spacial score (nSPS) is 11.0. The van der Waals surface area contributed by atoms with E-state index in [4.69, 9.17) is 0 Å². The van der Waals surface area contributed by atoms with Crippen LogP contribution in [0.3, 0.4) is 0 Å². The Morgan fingerprint density at radius 2 is 1.85 bits per heavy atom. The molecule has 26 heavy (non-hydrogen) atoms. The topological polar surface area (TPSA) is 95.0 Å². The zero-order chi connectivity index (χ0) is 18.8. The van der Waals surface area contributed by atoms with Crippen LogP contribution in [0, 0.1) is 0 Å². The van der Waals surface area contributed by atoms with E-state index in [2.05, 4.69) is 9.97 Å². The molecule has 0 saturated heterocycles. The van der Waals surface area contributed by atoms with Gasteiger partial charge in [-0.05, 0) is 24.6 Å². The minimum Gasteiger partial charge on any atom is -0.337 e. The van der Waals surface area contributed by atoms with Crippen LogP contribution < -0.4 is 11.2 Å². The van der Waals surface area contributed by atoms with E-state index < -0.39 is 11.2 Å². The van der Waals surface area contributed by atoms with Crippen molar-refractivity contribution < 1.29 is 4.79 Å². The molecule has 0 bridgehead atoms. The zero-order valence-corrected chi connectivity index (χ0v) is 14.9. The minimum atomic E-state index is -0.467. The summed E-state index contributed by atoms with van der Waals surface area (Å²) in [5, 5.41) is 0. The van der Waals surface area contributed by atoms with Gasteiger partial charge in [-0.1, -0.05) is 0 Å². The number of imidazole rings is 1. The number of amides is 1. The van der Waals surface area contributed by atoms with Gasteiger partial charge >= 0.3 is 5.69 Å². The molecule has 0 atom stereocenters. The molecule has 9 nitrogen and oxygen atoms in total. The van der Waals surface area contributed by atoms with E-state index in [9.17, 15) is 14.4 Å². The number of nitrogens with zero attached hydrogens (tertiary/aromatic N) is 6. The van der Waals surface area contributed by atoms with Gasteiger partial charge in [0.25, 0.3) is 5.56 Å². The van der Waals surface area contributed by atoms with Crippen LogP contribution in [0.25, 0.3) is 11.2 Å². The number of pyridine rings is 1. The largest absolute Gasteiger partial charge is 0.337 e. The van der Waals surface area contributed by atoms with Crippen LogP contribution in [-0.4, -0.2) is 41.0 Å². The number of carbonyl (C=O) groups is 1. The number of fused-ring (bicyclic) bond motifs is 1. The Kier molecular flexibility index (Phi) is 4.70. The van der Waals surface area contributed by atoms with Gasteiger partial charge in [0.2, 0.25) is 5.91 Å². The van der Waals surface area contributed by atoms with Gasteiger partial charge in [0, 0.05) is 39.6 Å². The average Bonchev–Trinajstić information content (AvgIpc) is 3.07. The Morgan fingerprint density at radius 1 is 1.15 bits per heavy atom. The number of carbonyl (C=O) groups excluding carboxylic acids is 1. The molecule has 0 unspecified atom stereocenters. The Balaban J connectivity index is 1.92. The first-order valence-corrected chi connectivity index (χ1v) is 8.21. The molecule has 0 spiro atoms. The van der Waals surface area contributed by atoms with E-state index in [1.165, 1.54) is 22.5 Å². The molecule has 3 aromatic rings. The van der Waals surface area contributed by atoms with Crippen molar-refractivity contribution in [3.8, 4) is 0 Å². The zero-order valence-electron chi connectivity index (χ0n) is 14.9. The molecule has 3 aromatic heterocycles. The van der Waals surface area contributed by atoms with Gasteiger partial charge in [0.15, 0.2) is 11.2 Å². The van der Waals surface area contributed by atoms with Crippen LogP contribution in [0.4, 0.5) is 0 Å². The van der Waals surface area contributed by atoms with Crippen molar-refractivity contribution >= 4 is 17.1 Å². The van der Waals surface area contributed by atoms with Crippen molar-refractivity contribution in [2.45, 2.75) is 20.0 Å². The minimum absolute atomic E-state index is 0.0249. The SMILES string of the molecule is CCN(Cc1ccncc1)C(=O)Cn1cnc2c1c(=O)n(C)c(=O)n2C. The monoisotopic (exact) mass is 356 g/mol. The lowest BCUT2D eigenvalue weighted by Gasteiger charge is -2.21. The first kappa shape index (κ1) is 17.6. The van der Waals surface area contributed by atoms with Gasteiger partial charge in [-0.25, -0.2) is 9.78 Å². The maximum atomic E-state index is 12.7. The fourth-order valence-electron chi connectivity index (χ4n) is 2.85. The Hall–Kier alpha value is -3.23. The predicted molar refractivity (Wildman–Crippen MR) is 95.5 cm³/mol. The molecule has 0 aliphatic heterocycles. The third kappa shape index (κ3) is 3.03. The van der Waals surface area contributed by atoms with Crippen LogP contribution in [-0.2, 0) is 32.0 Å². The first-order chi connectivity index (χ1) is 12.4. The summed E-state index contributed by atoms with van der Waals surface area (Å²) in [6, 6.07) is 3.71. The lowest BCUT2D eigenvalue weighted by atomic mass is 10.2. The summed E-state index contributed by atoms with van der Waals surface area (Å²) in [5.41, 5.74) is 0.563. The highest BCUT2D eigenvalue weighted by atomic mass is 16.2. The molecule has 0 fully saturated rings.